The van der Waals surface area contributed by atoms with Gasteiger partial charge in [-0.2, -0.15) is 0 Å². The fourth-order valence-corrected chi connectivity index (χ4v) is 1.27. The van der Waals surface area contributed by atoms with Gasteiger partial charge in [0.1, 0.15) is 6.10 Å². The summed E-state index contributed by atoms with van der Waals surface area (Å²) in [6, 6.07) is 0. The summed E-state index contributed by atoms with van der Waals surface area (Å²) >= 11 is 0. The molecule has 1 aliphatic heterocycles. The molecule has 0 fully saturated rings. The van der Waals surface area contributed by atoms with E-state index in [0.717, 1.165) is 12.2 Å². The number of hydrogen-bond donors (Lipinski definition) is 0. The van der Waals surface area contributed by atoms with Crippen LogP contribution in [0.25, 0.3) is 0 Å². The maximum Gasteiger partial charge on any atom is 0.102 e. The Balaban J connectivity index is 2.11. The second-order valence-corrected chi connectivity index (χ2v) is 2.93. The van der Waals surface area contributed by atoms with Gasteiger partial charge in [0.05, 0.1) is 5.76 Å². The largest absolute Gasteiger partial charge is 0.495 e. The third-order valence-corrected chi connectivity index (χ3v) is 1.90. The summed E-state index contributed by atoms with van der Waals surface area (Å²) in [5.41, 5.74) is 0. The van der Waals surface area contributed by atoms with Crippen LogP contribution in [0.1, 0.15) is 39.5 Å². The lowest BCUT2D eigenvalue weighted by molar-refractivity contribution is 0.134. The first-order chi connectivity index (χ1) is 4.83. The van der Waals surface area contributed by atoms with Crippen molar-refractivity contribution in [2.45, 2.75) is 45.6 Å². The minimum Gasteiger partial charge on any atom is -0.495 e. The zero-order valence-electron chi connectivity index (χ0n) is 6.89. The molecule has 1 nitrogen and oxygen atoms in total. The molecule has 0 saturated carbocycles. The molecule has 0 spiro atoms. The highest BCUT2D eigenvalue weighted by Gasteiger charge is 2.13. The molecule has 0 amide bonds. The third kappa shape index (κ3) is 2.05. The molecule has 1 atom stereocenters. The maximum atomic E-state index is 5.52. The summed E-state index contributed by atoms with van der Waals surface area (Å²) in [7, 11) is 0. The highest BCUT2D eigenvalue weighted by molar-refractivity contribution is 4.97. The first-order valence-electron chi connectivity index (χ1n) is 4.16. The number of hydrogen-bond acceptors (Lipinski definition) is 1. The average Bonchev–Trinajstić information content (AvgIpc) is 2.31. The van der Waals surface area contributed by atoms with E-state index in [2.05, 4.69) is 13.0 Å². The number of unbranched alkanes of at least 4 members (excludes halogenated alkanes) is 1. The Kier molecular flexibility index (Phi) is 2.79. The predicted octanol–water partition coefficient (Wildman–Crippen LogP) is 2.87. The van der Waals surface area contributed by atoms with E-state index in [1.807, 2.05) is 6.92 Å². The van der Waals surface area contributed by atoms with Gasteiger partial charge in [-0.05, 0) is 19.4 Å². The molecular weight excluding hydrogens is 124 g/mol. The van der Waals surface area contributed by atoms with Crippen molar-refractivity contribution in [3.05, 3.63) is 11.8 Å². The van der Waals surface area contributed by atoms with Crippen LogP contribution >= 0.6 is 0 Å². The Morgan fingerprint density at radius 3 is 3.00 bits per heavy atom. The summed E-state index contributed by atoms with van der Waals surface area (Å²) in [6.07, 6.45) is 7.61. The lowest BCUT2D eigenvalue weighted by atomic mass is 10.1. The van der Waals surface area contributed by atoms with Gasteiger partial charge in [-0.25, -0.2) is 0 Å². The number of allylic oxidation sites excluding steroid dienone is 1. The zero-order valence-corrected chi connectivity index (χ0v) is 6.89. The van der Waals surface area contributed by atoms with Crippen molar-refractivity contribution in [2.24, 2.45) is 0 Å². The average molecular weight is 140 g/mol. The number of rotatable bonds is 3. The molecule has 1 heterocycles. The smallest absolute Gasteiger partial charge is 0.102 e. The fourth-order valence-electron chi connectivity index (χ4n) is 1.27. The minimum absolute atomic E-state index is 0.500. The standard InChI is InChI=1S/C9H16O/c1-3-4-5-9-7-6-8(2)10-9/h6,9H,3-5,7H2,1-2H3. The van der Waals surface area contributed by atoms with Crippen molar-refractivity contribution in [1.82, 2.24) is 0 Å². The maximum absolute atomic E-state index is 5.52. The van der Waals surface area contributed by atoms with Crippen molar-refractivity contribution in [1.29, 1.82) is 0 Å². The van der Waals surface area contributed by atoms with Crippen LogP contribution in [-0.4, -0.2) is 6.10 Å². The minimum atomic E-state index is 0.500. The lowest BCUT2D eigenvalue weighted by Crippen LogP contribution is -2.04. The van der Waals surface area contributed by atoms with Crippen molar-refractivity contribution in [2.75, 3.05) is 0 Å². The van der Waals surface area contributed by atoms with Crippen LogP contribution in [0, 0.1) is 0 Å². The summed E-state index contributed by atoms with van der Waals surface area (Å²) in [5.74, 6) is 1.11. The SMILES string of the molecule is CCCCC1CC=C(C)O1. The molecule has 0 aromatic heterocycles. The van der Waals surface area contributed by atoms with Gasteiger partial charge in [0, 0.05) is 6.42 Å². The van der Waals surface area contributed by atoms with Crippen molar-refractivity contribution >= 4 is 0 Å². The molecule has 0 aromatic rings. The second-order valence-electron chi connectivity index (χ2n) is 2.93. The zero-order chi connectivity index (χ0) is 7.40. The van der Waals surface area contributed by atoms with Crippen LogP contribution in [0.15, 0.2) is 11.8 Å². The second kappa shape index (κ2) is 3.65. The summed E-state index contributed by atoms with van der Waals surface area (Å²) in [5, 5.41) is 0. The molecule has 0 saturated heterocycles. The van der Waals surface area contributed by atoms with E-state index in [1.54, 1.807) is 0 Å². The lowest BCUT2D eigenvalue weighted by Gasteiger charge is -2.09. The first-order valence-corrected chi connectivity index (χ1v) is 4.16. The molecule has 58 valence electrons. The van der Waals surface area contributed by atoms with E-state index in [-0.39, 0.29) is 0 Å². The van der Waals surface area contributed by atoms with Gasteiger partial charge in [-0.1, -0.05) is 19.8 Å². The van der Waals surface area contributed by atoms with Crippen LogP contribution in [0.3, 0.4) is 0 Å². The quantitative estimate of drug-likeness (QED) is 0.585. The van der Waals surface area contributed by atoms with Crippen molar-refractivity contribution in [3.8, 4) is 0 Å². The molecule has 0 aliphatic carbocycles. The van der Waals surface area contributed by atoms with Gasteiger partial charge < -0.3 is 4.74 Å². The normalized spacial score (nSPS) is 24.2. The Hall–Kier alpha value is -0.460. The summed E-state index contributed by atoms with van der Waals surface area (Å²) in [6.45, 7) is 4.25. The van der Waals surface area contributed by atoms with E-state index in [9.17, 15) is 0 Å². The molecule has 0 radical (unpaired) electrons. The van der Waals surface area contributed by atoms with Crippen LogP contribution in [0.2, 0.25) is 0 Å². The van der Waals surface area contributed by atoms with E-state index in [1.165, 1.54) is 19.3 Å². The topological polar surface area (TPSA) is 9.23 Å². The van der Waals surface area contributed by atoms with Gasteiger partial charge in [0.15, 0.2) is 0 Å². The first kappa shape index (κ1) is 7.64. The van der Waals surface area contributed by atoms with E-state index in [0.29, 0.717) is 6.10 Å². The number of ether oxygens (including phenoxy) is 1. The molecule has 0 aromatic carbocycles. The van der Waals surface area contributed by atoms with E-state index < -0.39 is 0 Å². The molecule has 0 bridgehead atoms. The van der Waals surface area contributed by atoms with Gasteiger partial charge in [0.2, 0.25) is 0 Å². The van der Waals surface area contributed by atoms with Gasteiger partial charge in [-0.15, -0.1) is 0 Å². The van der Waals surface area contributed by atoms with Gasteiger partial charge in [0.25, 0.3) is 0 Å². The van der Waals surface area contributed by atoms with Crippen LogP contribution in [0.5, 0.6) is 0 Å². The Morgan fingerprint density at radius 2 is 2.50 bits per heavy atom. The third-order valence-electron chi connectivity index (χ3n) is 1.90. The molecule has 1 heteroatoms. The summed E-state index contributed by atoms with van der Waals surface area (Å²) < 4.78 is 5.52. The molecule has 1 aliphatic rings. The molecular formula is C9H16O. The monoisotopic (exact) mass is 140 g/mol. The molecule has 0 N–H and O–H groups in total. The van der Waals surface area contributed by atoms with Gasteiger partial charge >= 0.3 is 0 Å². The van der Waals surface area contributed by atoms with Gasteiger partial charge in [-0.3, -0.25) is 0 Å². The van der Waals surface area contributed by atoms with E-state index >= 15 is 0 Å². The fraction of sp³-hybridized carbons (Fsp3) is 0.778. The highest BCUT2D eigenvalue weighted by atomic mass is 16.5. The summed E-state index contributed by atoms with van der Waals surface area (Å²) in [4.78, 5) is 0. The molecule has 10 heavy (non-hydrogen) atoms. The van der Waals surface area contributed by atoms with Crippen LogP contribution in [-0.2, 0) is 4.74 Å². The Bertz CT molecular complexity index is 127. The Morgan fingerprint density at radius 1 is 1.70 bits per heavy atom. The van der Waals surface area contributed by atoms with Crippen LogP contribution < -0.4 is 0 Å². The van der Waals surface area contributed by atoms with Crippen LogP contribution in [0.4, 0.5) is 0 Å². The Labute approximate surface area is 63.1 Å². The highest BCUT2D eigenvalue weighted by Crippen LogP contribution is 2.20. The van der Waals surface area contributed by atoms with Crippen molar-refractivity contribution < 1.29 is 4.74 Å². The molecule has 1 unspecified atom stereocenters. The van der Waals surface area contributed by atoms with E-state index in [4.69, 9.17) is 4.74 Å². The predicted molar refractivity (Wildman–Crippen MR) is 42.8 cm³/mol. The molecule has 1 rings (SSSR count). The van der Waals surface area contributed by atoms with Crippen molar-refractivity contribution in [3.63, 3.8) is 0 Å².